The molecule has 0 aromatic heterocycles. The van der Waals surface area contributed by atoms with E-state index in [0.717, 1.165) is 12.3 Å². The largest absolute Gasteiger partial charge is 0.492 e. The van der Waals surface area contributed by atoms with Crippen LogP contribution in [0.4, 0.5) is 0 Å². The van der Waals surface area contributed by atoms with E-state index in [4.69, 9.17) is 14.0 Å². The predicted molar refractivity (Wildman–Crippen MR) is 97.3 cm³/mol. The third-order valence-corrected chi connectivity index (χ3v) is 4.35. The van der Waals surface area contributed by atoms with Gasteiger partial charge in [-0.15, -0.1) is 0 Å². The van der Waals surface area contributed by atoms with E-state index >= 15 is 0 Å². The van der Waals surface area contributed by atoms with Gasteiger partial charge in [0, 0.05) is 0 Å². The third-order valence-electron chi connectivity index (χ3n) is 4.00. The number of ether oxygens (including phenoxy) is 2. The van der Waals surface area contributed by atoms with Crippen molar-refractivity contribution in [2.75, 3.05) is 14.2 Å². The van der Waals surface area contributed by atoms with Crippen LogP contribution in [-0.2, 0) is 5.41 Å². The lowest BCUT2D eigenvalue weighted by Gasteiger charge is -2.27. The van der Waals surface area contributed by atoms with Gasteiger partial charge in [-0.05, 0) is 35.4 Å². The number of hydrogen-bond donors (Lipinski definition) is 0. The lowest BCUT2D eigenvalue weighted by molar-refractivity contribution is 0.363. The van der Waals surface area contributed by atoms with E-state index in [1.165, 1.54) is 18.4 Å². The smallest absolute Gasteiger partial charge is 0.285 e. The van der Waals surface area contributed by atoms with Crippen molar-refractivity contribution in [2.45, 2.75) is 52.4 Å². The van der Waals surface area contributed by atoms with Crippen LogP contribution in [0.1, 0.15) is 52.5 Å². The summed E-state index contributed by atoms with van der Waals surface area (Å²) >= 11 is 0. The molecule has 0 N–H and O–H groups in total. The molecule has 0 fully saturated rings. The predicted octanol–water partition coefficient (Wildman–Crippen LogP) is 5.21. The molecule has 0 aliphatic rings. The highest BCUT2D eigenvalue weighted by atomic mass is 31.1. The van der Waals surface area contributed by atoms with Gasteiger partial charge in [-0.3, -0.25) is 4.52 Å². The highest BCUT2D eigenvalue weighted by molar-refractivity contribution is 7.31. The van der Waals surface area contributed by atoms with Gasteiger partial charge in [-0.2, -0.15) is 0 Å². The molecule has 0 aliphatic carbocycles. The van der Waals surface area contributed by atoms with E-state index in [2.05, 4.69) is 46.1 Å². The zero-order valence-electron chi connectivity index (χ0n) is 14.8. The van der Waals surface area contributed by atoms with Gasteiger partial charge in [0.25, 0.3) is 14.2 Å². The van der Waals surface area contributed by atoms with E-state index in [9.17, 15) is 0 Å². The topological polar surface area (TPSA) is 27.7 Å². The summed E-state index contributed by atoms with van der Waals surface area (Å²) in [4.78, 5) is 0. The molecular weight excluding hydrogens is 295 g/mol. The van der Waals surface area contributed by atoms with Crippen LogP contribution < -0.4 is 14.0 Å². The van der Waals surface area contributed by atoms with Gasteiger partial charge in [0.1, 0.15) is 6.30 Å². The second-order valence-corrected chi connectivity index (χ2v) is 7.12. The average molecular weight is 325 g/mol. The second kappa shape index (κ2) is 8.43. The standard InChI is InChI=1S/C18H29O3P/c1-13(2)9-8-10-18(3,4)14-11-15(19-5)17(21-22-7)16(12-14)20-6/h11-13H,7-10H2,1-6H3/p+1. The lowest BCUT2D eigenvalue weighted by atomic mass is 9.79. The van der Waals surface area contributed by atoms with Crippen LogP contribution in [-0.4, -0.2) is 20.5 Å². The summed E-state index contributed by atoms with van der Waals surface area (Å²) < 4.78 is 16.6. The van der Waals surface area contributed by atoms with E-state index < -0.39 is 0 Å². The highest BCUT2D eigenvalue weighted by Crippen LogP contribution is 2.44. The Balaban J connectivity index is 3.10. The van der Waals surface area contributed by atoms with Crippen LogP contribution in [0, 0.1) is 5.92 Å². The maximum atomic E-state index is 5.60. The summed E-state index contributed by atoms with van der Waals surface area (Å²) in [7, 11) is 3.42. The molecule has 1 unspecified atom stereocenters. The molecule has 0 saturated carbocycles. The molecule has 1 aromatic carbocycles. The van der Waals surface area contributed by atoms with Gasteiger partial charge < -0.3 is 9.47 Å². The maximum Gasteiger partial charge on any atom is 0.285 e. The molecule has 1 aromatic rings. The van der Waals surface area contributed by atoms with Crippen LogP contribution in [0.2, 0.25) is 0 Å². The number of hydrogen-bond acceptors (Lipinski definition) is 3. The molecule has 0 heterocycles. The number of rotatable bonds is 9. The van der Waals surface area contributed by atoms with Crippen LogP contribution >= 0.6 is 8.43 Å². The third kappa shape index (κ3) is 4.91. The molecule has 124 valence electrons. The zero-order chi connectivity index (χ0) is 16.8. The van der Waals surface area contributed by atoms with Crippen molar-refractivity contribution >= 4 is 14.7 Å². The quantitative estimate of drug-likeness (QED) is 0.583. The molecule has 0 bridgehead atoms. The van der Waals surface area contributed by atoms with Gasteiger partial charge in [0.15, 0.2) is 11.5 Å². The molecule has 0 saturated heterocycles. The average Bonchev–Trinajstić information content (AvgIpc) is 2.46. The van der Waals surface area contributed by atoms with Crippen LogP contribution in [0.3, 0.4) is 0 Å². The first kappa shape index (κ1) is 18.8. The molecule has 3 nitrogen and oxygen atoms in total. The molecule has 0 radical (unpaired) electrons. The SMILES string of the molecule is C=[PH+]Oc1c(OC)cc(C(C)(C)CCCC(C)C)cc1OC. The first-order valence-corrected chi connectivity index (χ1v) is 8.92. The molecule has 22 heavy (non-hydrogen) atoms. The maximum absolute atomic E-state index is 5.60. The van der Waals surface area contributed by atoms with Crippen molar-refractivity contribution in [3.8, 4) is 17.2 Å². The van der Waals surface area contributed by atoms with Crippen molar-refractivity contribution in [1.29, 1.82) is 0 Å². The summed E-state index contributed by atoms with van der Waals surface area (Å²) in [6.07, 6.45) is 7.36. The molecule has 1 rings (SSSR count). The second-order valence-electron chi connectivity index (χ2n) is 6.63. The minimum Gasteiger partial charge on any atom is -0.492 e. The van der Waals surface area contributed by atoms with Crippen molar-refractivity contribution in [3.05, 3.63) is 17.7 Å². The van der Waals surface area contributed by atoms with Crippen LogP contribution in [0.25, 0.3) is 0 Å². The fourth-order valence-corrected chi connectivity index (χ4v) is 2.89. The van der Waals surface area contributed by atoms with E-state index in [-0.39, 0.29) is 13.8 Å². The summed E-state index contributed by atoms with van der Waals surface area (Å²) in [6, 6.07) is 4.13. The van der Waals surface area contributed by atoms with Crippen LogP contribution in [0.5, 0.6) is 17.2 Å². The summed E-state index contributed by atoms with van der Waals surface area (Å²) in [5.74, 6) is 2.80. The molecule has 1 atom stereocenters. The van der Waals surface area contributed by atoms with Crippen molar-refractivity contribution < 1.29 is 14.0 Å². The van der Waals surface area contributed by atoms with Crippen molar-refractivity contribution in [3.63, 3.8) is 0 Å². The van der Waals surface area contributed by atoms with Gasteiger partial charge in [-0.1, -0.05) is 40.5 Å². The Morgan fingerprint density at radius 2 is 1.68 bits per heavy atom. The molecular formula is C18H30O3P+. The van der Waals surface area contributed by atoms with Gasteiger partial charge in [-0.25, -0.2) is 0 Å². The Morgan fingerprint density at radius 1 is 1.14 bits per heavy atom. The number of methoxy groups -OCH3 is 2. The summed E-state index contributed by atoms with van der Waals surface area (Å²) in [6.45, 7) is 9.08. The van der Waals surface area contributed by atoms with E-state index in [0.29, 0.717) is 17.2 Å². The normalized spacial score (nSPS) is 11.8. The Morgan fingerprint density at radius 3 is 2.09 bits per heavy atom. The monoisotopic (exact) mass is 325 g/mol. The first-order chi connectivity index (χ1) is 10.4. The van der Waals surface area contributed by atoms with Crippen molar-refractivity contribution in [1.82, 2.24) is 0 Å². The molecule has 0 amide bonds. The van der Waals surface area contributed by atoms with Gasteiger partial charge in [0.05, 0.1) is 14.2 Å². The van der Waals surface area contributed by atoms with Gasteiger partial charge >= 0.3 is 0 Å². The fourth-order valence-electron chi connectivity index (χ4n) is 2.54. The summed E-state index contributed by atoms with van der Waals surface area (Å²) in [5.41, 5.74) is 1.28. The zero-order valence-corrected chi connectivity index (χ0v) is 15.8. The fraction of sp³-hybridized carbons (Fsp3) is 0.611. The summed E-state index contributed by atoms with van der Waals surface area (Å²) in [5, 5.41) is 0. The Labute approximate surface area is 136 Å². The lowest BCUT2D eigenvalue weighted by Crippen LogP contribution is -2.17. The first-order valence-electron chi connectivity index (χ1n) is 7.81. The Hall–Kier alpha value is -1.21. The molecule has 4 heteroatoms. The number of benzene rings is 1. The minimum absolute atomic E-state index is 0.0702. The Bertz CT molecular complexity index is 470. The van der Waals surface area contributed by atoms with Gasteiger partial charge in [0.2, 0.25) is 0 Å². The minimum atomic E-state index is 0.0702. The van der Waals surface area contributed by atoms with Crippen LogP contribution in [0.15, 0.2) is 12.1 Å². The molecule has 0 aliphatic heterocycles. The van der Waals surface area contributed by atoms with Crippen molar-refractivity contribution in [2.24, 2.45) is 5.92 Å². The molecule has 0 spiro atoms. The highest BCUT2D eigenvalue weighted by Gasteiger charge is 2.25. The van der Waals surface area contributed by atoms with E-state index in [1.54, 1.807) is 14.2 Å². The Kier molecular flexibility index (Phi) is 7.22. The van der Waals surface area contributed by atoms with E-state index in [1.807, 2.05) is 0 Å².